The second-order valence-electron chi connectivity index (χ2n) is 4.87. The Hall–Kier alpha value is -2.08. The van der Waals surface area contributed by atoms with Gasteiger partial charge in [-0.1, -0.05) is 0 Å². The number of nitrogens with one attached hydrogen (secondary N) is 1. The summed E-state index contributed by atoms with van der Waals surface area (Å²) in [5, 5.41) is 3.37. The van der Waals surface area contributed by atoms with Crippen LogP contribution in [0.25, 0.3) is 0 Å². The van der Waals surface area contributed by atoms with E-state index in [-0.39, 0.29) is 5.91 Å². The highest BCUT2D eigenvalue weighted by molar-refractivity contribution is 7.17. The highest BCUT2D eigenvalue weighted by Gasteiger charge is 2.27. The molecule has 1 aliphatic rings. The van der Waals surface area contributed by atoms with Crippen LogP contribution in [0.1, 0.15) is 44.0 Å². The lowest BCUT2D eigenvalue weighted by molar-refractivity contribution is 0.0601. The molecule has 1 aliphatic carbocycles. The van der Waals surface area contributed by atoms with Crippen molar-refractivity contribution in [2.75, 3.05) is 12.4 Å². The molecule has 6 heteroatoms. The van der Waals surface area contributed by atoms with E-state index in [1.165, 1.54) is 35.9 Å². The van der Waals surface area contributed by atoms with Gasteiger partial charge in [-0.3, -0.25) is 4.79 Å². The van der Waals surface area contributed by atoms with Crippen LogP contribution in [0.15, 0.2) is 23.0 Å². The number of esters is 1. The number of rotatable bonds is 3. The fourth-order valence-electron chi connectivity index (χ4n) is 2.54. The highest BCUT2D eigenvalue weighted by atomic mass is 32.1. The number of fused-ring (bicyclic) bond motifs is 1. The number of hydrogen-bond donors (Lipinski definition) is 1. The summed E-state index contributed by atoms with van der Waals surface area (Å²) in [6, 6.07) is 1.58. The molecule has 0 aromatic carbocycles. The Balaban J connectivity index is 1.95. The van der Waals surface area contributed by atoms with Crippen LogP contribution in [-0.4, -0.2) is 19.0 Å². The lowest BCUT2D eigenvalue weighted by atomic mass is 9.95. The third-order valence-corrected chi connectivity index (χ3v) is 4.78. The summed E-state index contributed by atoms with van der Waals surface area (Å²) in [4.78, 5) is 25.4. The smallest absolute Gasteiger partial charge is 0.341 e. The maximum Gasteiger partial charge on any atom is 0.341 e. The predicted molar refractivity (Wildman–Crippen MR) is 79.0 cm³/mol. The molecule has 0 bridgehead atoms. The Morgan fingerprint density at radius 3 is 2.86 bits per heavy atom. The van der Waals surface area contributed by atoms with Gasteiger partial charge >= 0.3 is 5.97 Å². The minimum atomic E-state index is -0.392. The molecule has 0 fully saturated rings. The van der Waals surface area contributed by atoms with Gasteiger partial charge in [0.1, 0.15) is 11.3 Å². The Labute approximate surface area is 125 Å². The molecule has 0 radical (unpaired) electrons. The summed E-state index contributed by atoms with van der Waals surface area (Å²) in [6.45, 7) is 0. The van der Waals surface area contributed by atoms with E-state index in [0.717, 1.165) is 31.2 Å². The van der Waals surface area contributed by atoms with Gasteiger partial charge in [0.25, 0.3) is 5.91 Å². The van der Waals surface area contributed by atoms with Gasteiger partial charge in [0.2, 0.25) is 0 Å². The third kappa shape index (κ3) is 2.58. The first-order chi connectivity index (χ1) is 10.2. The van der Waals surface area contributed by atoms with E-state index in [0.29, 0.717) is 16.1 Å². The van der Waals surface area contributed by atoms with Gasteiger partial charge in [-0.15, -0.1) is 11.3 Å². The van der Waals surface area contributed by atoms with Gasteiger partial charge in [-0.05, 0) is 37.3 Å². The zero-order valence-electron chi connectivity index (χ0n) is 11.6. The molecule has 0 saturated heterocycles. The molecular weight excluding hydrogens is 290 g/mol. The Morgan fingerprint density at radius 1 is 1.33 bits per heavy atom. The van der Waals surface area contributed by atoms with Crippen molar-refractivity contribution in [3.63, 3.8) is 0 Å². The molecule has 2 aromatic heterocycles. The number of furan rings is 1. The Morgan fingerprint density at radius 2 is 2.14 bits per heavy atom. The standard InChI is InChI=1S/C15H15NO4S/c1-19-15(18)12-10-4-2-3-5-11(10)21-14(12)16-13(17)9-6-7-20-8-9/h6-8H,2-5H2,1H3,(H,16,17). The van der Waals surface area contributed by atoms with E-state index < -0.39 is 5.97 Å². The third-order valence-electron chi connectivity index (χ3n) is 3.57. The molecule has 0 unspecified atom stereocenters. The summed E-state index contributed by atoms with van der Waals surface area (Å²) in [5.74, 6) is -0.676. The Kier molecular flexibility index (Phi) is 3.79. The van der Waals surface area contributed by atoms with E-state index >= 15 is 0 Å². The average molecular weight is 305 g/mol. The number of anilines is 1. The van der Waals surface area contributed by atoms with Gasteiger partial charge in [-0.2, -0.15) is 0 Å². The summed E-state index contributed by atoms with van der Waals surface area (Å²) in [5.41, 5.74) is 1.96. The molecule has 5 nitrogen and oxygen atoms in total. The lowest BCUT2D eigenvalue weighted by Crippen LogP contribution is -2.14. The van der Waals surface area contributed by atoms with E-state index in [1.807, 2.05) is 0 Å². The number of ether oxygens (including phenoxy) is 1. The summed E-state index contributed by atoms with van der Waals surface area (Å²) >= 11 is 1.47. The summed E-state index contributed by atoms with van der Waals surface area (Å²) < 4.78 is 9.78. The number of carbonyl (C=O) groups excluding carboxylic acids is 2. The van der Waals surface area contributed by atoms with Crippen molar-refractivity contribution < 1.29 is 18.7 Å². The molecule has 21 heavy (non-hydrogen) atoms. The van der Waals surface area contributed by atoms with E-state index in [4.69, 9.17) is 9.15 Å². The number of thiophene rings is 1. The molecule has 2 heterocycles. The van der Waals surface area contributed by atoms with Crippen molar-refractivity contribution in [3.8, 4) is 0 Å². The van der Waals surface area contributed by atoms with Crippen molar-refractivity contribution >= 4 is 28.2 Å². The number of aryl methyl sites for hydroxylation is 1. The van der Waals surface area contributed by atoms with Crippen molar-refractivity contribution in [1.29, 1.82) is 0 Å². The molecule has 0 saturated carbocycles. The van der Waals surface area contributed by atoms with Crippen LogP contribution >= 0.6 is 11.3 Å². The Bertz CT molecular complexity index is 672. The van der Waals surface area contributed by atoms with Crippen molar-refractivity contribution in [2.45, 2.75) is 25.7 Å². The minimum Gasteiger partial charge on any atom is -0.472 e. The summed E-state index contributed by atoms with van der Waals surface area (Å²) in [6.07, 6.45) is 6.80. The van der Waals surface area contributed by atoms with E-state index in [1.54, 1.807) is 6.07 Å². The van der Waals surface area contributed by atoms with Crippen LogP contribution in [0.4, 0.5) is 5.00 Å². The van der Waals surface area contributed by atoms with Gasteiger partial charge in [0.15, 0.2) is 0 Å². The predicted octanol–water partition coefficient (Wildman–Crippen LogP) is 3.26. The zero-order valence-corrected chi connectivity index (χ0v) is 12.4. The van der Waals surface area contributed by atoms with E-state index in [9.17, 15) is 9.59 Å². The van der Waals surface area contributed by atoms with Crippen molar-refractivity contribution in [3.05, 3.63) is 40.2 Å². The van der Waals surface area contributed by atoms with Crippen LogP contribution in [0.5, 0.6) is 0 Å². The second kappa shape index (κ2) is 5.73. The van der Waals surface area contributed by atoms with Crippen LogP contribution < -0.4 is 5.32 Å². The first-order valence-electron chi connectivity index (χ1n) is 6.77. The van der Waals surface area contributed by atoms with Crippen LogP contribution in [0.3, 0.4) is 0 Å². The number of methoxy groups -OCH3 is 1. The molecule has 110 valence electrons. The normalized spacial score (nSPS) is 13.6. The number of amides is 1. The molecule has 0 spiro atoms. The first-order valence-corrected chi connectivity index (χ1v) is 7.58. The SMILES string of the molecule is COC(=O)c1c(NC(=O)c2ccoc2)sc2c1CCCC2. The molecule has 1 amide bonds. The fraction of sp³-hybridized carbons (Fsp3) is 0.333. The monoisotopic (exact) mass is 305 g/mol. The molecule has 0 atom stereocenters. The minimum absolute atomic E-state index is 0.285. The molecule has 1 N–H and O–H groups in total. The lowest BCUT2D eigenvalue weighted by Gasteiger charge is -2.11. The highest BCUT2D eigenvalue weighted by Crippen LogP contribution is 2.38. The van der Waals surface area contributed by atoms with Crippen molar-refractivity contribution in [2.24, 2.45) is 0 Å². The quantitative estimate of drug-likeness (QED) is 0.884. The van der Waals surface area contributed by atoms with E-state index in [2.05, 4.69) is 5.32 Å². The van der Waals surface area contributed by atoms with Gasteiger partial charge in [-0.25, -0.2) is 4.79 Å². The van der Waals surface area contributed by atoms with Gasteiger partial charge in [0.05, 0.1) is 24.5 Å². The molecule has 2 aromatic rings. The zero-order chi connectivity index (χ0) is 14.8. The molecular formula is C15H15NO4S. The van der Waals surface area contributed by atoms with Crippen LogP contribution in [-0.2, 0) is 17.6 Å². The van der Waals surface area contributed by atoms with Gasteiger partial charge < -0.3 is 14.5 Å². The first kappa shape index (κ1) is 13.9. The molecule has 0 aliphatic heterocycles. The second-order valence-corrected chi connectivity index (χ2v) is 5.98. The fourth-order valence-corrected chi connectivity index (χ4v) is 3.81. The topological polar surface area (TPSA) is 68.5 Å². The summed E-state index contributed by atoms with van der Waals surface area (Å²) in [7, 11) is 1.36. The maximum absolute atomic E-state index is 12.1. The number of carbonyl (C=O) groups is 2. The average Bonchev–Trinajstić information content (AvgIpc) is 3.13. The van der Waals surface area contributed by atoms with Gasteiger partial charge in [0, 0.05) is 4.88 Å². The van der Waals surface area contributed by atoms with Crippen molar-refractivity contribution in [1.82, 2.24) is 0 Å². The van der Waals surface area contributed by atoms with Crippen LogP contribution in [0, 0.1) is 0 Å². The number of hydrogen-bond acceptors (Lipinski definition) is 5. The molecule has 3 rings (SSSR count). The largest absolute Gasteiger partial charge is 0.472 e. The maximum atomic E-state index is 12.1. The van der Waals surface area contributed by atoms with Crippen LogP contribution in [0.2, 0.25) is 0 Å².